The molecule has 2 fully saturated rings. The van der Waals surface area contributed by atoms with E-state index in [2.05, 4.69) is 25.4 Å². The van der Waals surface area contributed by atoms with Crippen molar-refractivity contribution >= 4 is 35.6 Å². The Labute approximate surface area is 196 Å². The number of hydrogen-bond acceptors (Lipinski definition) is 5. The fourth-order valence-electron chi connectivity index (χ4n) is 3.61. The summed E-state index contributed by atoms with van der Waals surface area (Å²) in [4.78, 5) is 9.03. The van der Waals surface area contributed by atoms with Gasteiger partial charge in [0.2, 0.25) is 0 Å². The molecule has 1 aromatic rings. The van der Waals surface area contributed by atoms with Crippen LogP contribution in [0.15, 0.2) is 29.3 Å². The van der Waals surface area contributed by atoms with E-state index in [1.165, 1.54) is 12.1 Å². The van der Waals surface area contributed by atoms with Crippen molar-refractivity contribution in [3.63, 3.8) is 0 Å². The number of halogens is 2. The molecule has 2 aliphatic heterocycles. The molecule has 1 unspecified atom stereocenters. The quantitative estimate of drug-likeness (QED) is 0.218. The van der Waals surface area contributed by atoms with Gasteiger partial charge in [-0.05, 0) is 37.1 Å². The zero-order chi connectivity index (χ0) is 20.3. The molecule has 0 radical (unpaired) electrons. The lowest BCUT2D eigenvalue weighted by atomic mass is 10.2. The molecule has 0 amide bonds. The van der Waals surface area contributed by atoms with Crippen molar-refractivity contribution in [3.8, 4) is 0 Å². The summed E-state index contributed by atoms with van der Waals surface area (Å²) in [5.74, 6) is 0.649. The fraction of sp³-hybridized carbons (Fsp3) is 0.667. The molecule has 9 heteroatoms. The van der Waals surface area contributed by atoms with Crippen LogP contribution in [0.4, 0.5) is 10.1 Å². The van der Waals surface area contributed by atoms with Crippen molar-refractivity contribution in [3.05, 3.63) is 30.1 Å². The van der Waals surface area contributed by atoms with Crippen LogP contribution in [0.5, 0.6) is 0 Å². The van der Waals surface area contributed by atoms with Crippen molar-refractivity contribution in [1.29, 1.82) is 0 Å². The zero-order valence-corrected chi connectivity index (χ0v) is 20.1. The minimum Gasteiger partial charge on any atom is -0.379 e. The van der Waals surface area contributed by atoms with E-state index in [1.807, 2.05) is 12.1 Å². The van der Waals surface area contributed by atoms with Crippen LogP contribution in [0, 0.1) is 5.82 Å². The summed E-state index contributed by atoms with van der Waals surface area (Å²) in [7, 11) is 1.79. The first kappa shape index (κ1) is 25.1. The van der Waals surface area contributed by atoms with Crippen LogP contribution < -0.4 is 15.5 Å². The van der Waals surface area contributed by atoms with Gasteiger partial charge in [0.15, 0.2) is 5.96 Å². The zero-order valence-electron chi connectivity index (χ0n) is 17.8. The smallest absolute Gasteiger partial charge is 0.191 e. The number of anilines is 1. The third-order valence-corrected chi connectivity index (χ3v) is 5.36. The largest absolute Gasteiger partial charge is 0.379 e. The lowest BCUT2D eigenvalue weighted by Crippen LogP contribution is -2.49. The second kappa shape index (κ2) is 14.0. The Morgan fingerprint density at radius 3 is 2.57 bits per heavy atom. The van der Waals surface area contributed by atoms with Crippen molar-refractivity contribution in [2.45, 2.75) is 18.9 Å². The summed E-state index contributed by atoms with van der Waals surface area (Å²) in [6, 6.07) is 6.77. The van der Waals surface area contributed by atoms with Crippen molar-refractivity contribution < 1.29 is 13.9 Å². The number of nitrogens with zero attached hydrogens (tertiary/aromatic N) is 3. The molecular formula is C21H35FIN5O2. The Morgan fingerprint density at radius 1 is 1.17 bits per heavy atom. The molecule has 2 N–H and O–H groups in total. The van der Waals surface area contributed by atoms with E-state index in [9.17, 15) is 4.39 Å². The molecule has 2 aliphatic rings. The van der Waals surface area contributed by atoms with Crippen LogP contribution in [0.2, 0.25) is 0 Å². The summed E-state index contributed by atoms with van der Waals surface area (Å²) >= 11 is 0. The van der Waals surface area contributed by atoms with Crippen LogP contribution in [0.1, 0.15) is 12.8 Å². The van der Waals surface area contributed by atoms with Crippen LogP contribution in [0.3, 0.4) is 0 Å². The molecule has 0 bridgehead atoms. The number of rotatable bonds is 9. The Bertz CT molecular complexity index is 620. The average Bonchev–Trinajstić information content (AvgIpc) is 3.27. The van der Waals surface area contributed by atoms with Gasteiger partial charge in [0.05, 0.1) is 12.7 Å². The van der Waals surface area contributed by atoms with Crippen LogP contribution in [-0.4, -0.2) is 89.6 Å². The van der Waals surface area contributed by atoms with Gasteiger partial charge in [0, 0.05) is 71.8 Å². The summed E-state index contributed by atoms with van der Waals surface area (Å²) in [5.41, 5.74) is 1.10. The van der Waals surface area contributed by atoms with Crippen LogP contribution in [-0.2, 0) is 9.47 Å². The number of hydrogen-bond donors (Lipinski definition) is 2. The Hall–Kier alpha value is -1.17. The molecule has 30 heavy (non-hydrogen) atoms. The van der Waals surface area contributed by atoms with E-state index >= 15 is 0 Å². The van der Waals surface area contributed by atoms with E-state index in [1.54, 1.807) is 7.05 Å². The summed E-state index contributed by atoms with van der Waals surface area (Å²) < 4.78 is 24.1. The molecule has 0 saturated carbocycles. The first-order chi connectivity index (χ1) is 14.2. The third-order valence-electron chi connectivity index (χ3n) is 5.36. The monoisotopic (exact) mass is 535 g/mol. The van der Waals surface area contributed by atoms with Crippen molar-refractivity contribution in [2.24, 2.45) is 4.99 Å². The highest BCUT2D eigenvalue weighted by Crippen LogP contribution is 2.16. The molecule has 1 aromatic carbocycles. The first-order valence-electron chi connectivity index (χ1n) is 10.6. The summed E-state index contributed by atoms with van der Waals surface area (Å²) in [5, 5.41) is 6.71. The number of guanidine groups is 1. The lowest BCUT2D eigenvalue weighted by molar-refractivity contribution is 0.0420. The van der Waals surface area contributed by atoms with Gasteiger partial charge >= 0.3 is 0 Å². The number of nitrogens with one attached hydrogen (secondary N) is 2. The second-order valence-corrected chi connectivity index (χ2v) is 7.44. The van der Waals surface area contributed by atoms with Gasteiger partial charge in [-0.25, -0.2) is 4.39 Å². The first-order valence-corrected chi connectivity index (χ1v) is 10.6. The van der Waals surface area contributed by atoms with Gasteiger partial charge in [0.25, 0.3) is 0 Å². The van der Waals surface area contributed by atoms with E-state index in [4.69, 9.17) is 9.47 Å². The number of ether oxygens (including phenoxy) is 2. The topological polar surface area (TPSA) is 61.4 Å². The average molecular weight is 535 g/mol. The number of benzene rings is 1. The molecular weight excluding hydrogens is 500 g/mol. The molecule has 2 saturated heterocycles. The maximum atomic E-state index is 13.1. The maximum absolute atomic E-state index is 13.1. The van der Waals surface area contributed by atoms with Crippen LogP contribution in [0.25, 0.3) is 0 Å². The lowest BCUT2D eigenvalue weighted by Gasteiger charge is -2.36. The Balaban J connectivity index is 0.00000320. The molecule has 0 aliphatic carbocycles. The van der Waals surface area contributed by atoms with Gasteiger partial charge in [0.1, 0.15) is 5.82 Å². The molecule has 170 valence electrons. The molecule has 0 spiro atoms. The van der Waals surface area contributed by atoms with Gasteiger partial charge in [-0.3, -0.25) is 9.89 Å². The minimum atomic E-state index is -0.184. The molecule has 1 atom stereocenters. The summed E-state index contributed by atoms with van der Waals surface area (Å²) in [6.45, 7) is 8.90. The highest BCUT2D eigenvalue weighted by molar-refractivity contribution is 14.0. The van der Waals surface area contributed by atoms with E-state index in [0.717, 1.165) is 90.1 Å². The normalized spacial score (nSPS) is 20.1. The molecule has 2 heterocycles. The van der Waals surface area contributed by atoms with Gasteiger partial charge in [-0.2, -0.15) is 0 Å². The van der Waals surface area contributed by atoms with Crippen molar-refractivity contribution in [2.75, 3.05) is 77.6 Å². The predicted octanol–water partition coefficient (Wildman–Crippen LogP) is 1.93. The standard InChI is InChI=1S/C21H34FN5O2.HI/c1-23-21(24-8-2-15-29-20-7-16-28-17-20)25-9-10-26-11-13-27(14-12-26)19-5-3-18(22)4-6-19;/h3-6,20H,2,7-17H2,1H3,(H2,23,24,25);1H. The molecule has 7 nitrogen and oxygen atoms in total. The minimum absolute atomic E-state index is 0. The highest BCUT2D eigenvalue weighted by Gasteiger charge is 2.17. The number of piperazine rings is 1. The second-order valence-electron chi connectivity index (χ2n) is 7.44. The van der Waals surface area contributed by atoms with Crippen LogP contribution >= 0.6 is 24.0 Å². The Morgan fingerprint density at radius 2 is 1.90 bits per heavy atom. The van der Waals surface area contributed by atoms with Crippen molar-refractivity contribution in [1.82, 2.24) is 15.5 Å². The highest BCUT2D eigenvalue weighted by atomic mass is 127. The summed E-state index contributed by atoms with van der Waals surface area (Å²) in [6.07, 6.45) is 2.23. The van der Waals surface area contributed by atoms with Gasteiger partial charge in [-0.15, -0.1) is 24.0 Å². The SMILES string of the molecule is CN=C(NCCCOC1CCOC1)NCCN1CCN(c2ccc(F)cc2)CC1.I. The van der Waals surface area contributed by atoms with Gasteiger partial charge < -0.3 is 25.0 Å². The van der Waals surface area contributed by atoms with Gasteiger partial charge in [-0.1, -0.05) is 0 Å². The molecule has 0 aromatic heterocycles. The predicted molar refractivity (Wildman–Crippen MR) is 130 cm³/mol. The fourth-order valence-corrected chi connectivity index (χ4v) is 3.61. The Kier molecular flexibility index (Phi) is 11.7. The third kappa shape index (κ3) is 8.52. The van der Waals surface area contributed by atoms with E-state index in [0.29, 0.717) is 0 Å². The number of aliphatic imine (C=N–C) groups is 1. The molecule has 3 rings (SSSR count). The van der Waals surface area contributed by atoms with E-state index < -0.39 is 0 Å². The van der Waals surface area contributed by atoms with E-state index in [-0.39, 0.29) is 35.9 Å². The maximum Gasteiger partial charge on any atom is 0.191 e.